The Balaban J connectivity index is 2.30. The van der Waals surface area contributed by atoms with Crippen molar-refractivity contribution < 1.29 is 10.2 Å². The first-order valence-corrected chi connectivity index (χ1v) is 5.76. The summed E-state index contributed by atoms with van der Waals surface area (Å²) in [5.74, 6) is 0.255. The topological polar surface area (TPSA) is 40.5 Å². The summed E-state index contributed by atoms with van der Waals surface area (Å²) < 4.78 is 0. The molecule has 1 aromatic rings. The van der Waals surface area contributed by atoms with E-state index in [1.54, 1.807) is 0 Å². The van der Waals surface area contributed by atoms with Crippen LogP contribution in [-0.4, -0.2) is 22.9 Å². The molecule has 86 valence electrons. The molecule has 0 saturated heterocycles. The molecule has 0 spiro atoms. The summed E-state index contributed by atoms with van der Waals surface area (Å²) in [4.78, 5) is 0. The number of aliphatic hydroxyl groups is 2. The highest BCUT2D eigenvalue weighted by Gasteiger charge is 2.33. The Morgan fingerprint density at radius 2 is 1.81 bits per heavy atom. The van der Waals surface area contributed by atoms with Crippen molar-refractivity contribution in [1.29, 1.82) is 0 Å². The number of hydrogen-bond donors (Lipinski definition) is 2. The second kappa shape index (κ2) is 4.81. The smallest absolute Gasteiger partial charge is 0.0698 e. The highest BCUT2D eigenvalue weighted by molar-refractivity contribution is 5.25. The molecular weight excluding hydrogens is 200 g/mol. The molecule has 0 fully saturated rings. The summed E-state index contributed by atoms with van der Waals surface area (Å²) in [5.41, 5.74) is 1.14. The molecule has 0 unspecified atom stereocenters. The third-order valence-corrected chi connectivity index (χ3v) is 3.43. The van der Waals surface area contributed by atoms with Crippen LogP contribution in [0, 0.1) is 11.8 Å². The Labute approximate surface area is 96.2 Å². The van der Waals surface area contributed by atoms with Crippen LogP contribution in [-0.2, 0) is 0 Å². The number of rotatable bonds is 2. The van der Waals surface area contributed by atoms with Gasteiger partial charge in [-0.25, -0.2) is 0 Å². The number of hydrogen-bond acceptors (Lipinski definition) is 2. The minimum Gasteiger partial charge on any atom is -0.396 e. The van der Waals surface area contributed by atoms with Crippen LogP contribution in [0.1, 0.15) is 18.4 Å². The molecule has 16 heavy (non-hydrogen) atoms. The largest absolute Gasteiger partial charge is 0.396 e. The molecule has 1 aliphatic rings. The maximum absolute atomic E-state index is 10.2. The summed E-state index contributed by atoms with van der Waals surface area (Å²) in [6, 6.07) is 10.0. The van der Waals surface area contributed by atoms with Crippen LogP contribution >= 0.6 is 0 Å². The minimum absolute atomic E-state index is 0.00766. The predicted octanol–water partition coefficient (Wildman–Crippen LogP) is 1.95. The normalized spacial score (nSPS) is 33.9. The van der Waals surface area contributed by atoms with E-state index in [4.69, 9.17) is 0 Å². The highest BCUT2D eigenvalue weighted by Crippen LogP contribution is 2.36. The van der Waals surface area contributed by atoms with Crippen molar-refractivity contribution in [2.75, 3.05) is 6.61 Å². The zero-order valence-corrected chi connectivity index (χ0v) is 9.45. The average Bonchev–Trinajstić information content (AvgIpc) is 2.31. The van der Waals surface area contributed by atoms with Crippen LogP contribution in [0.5, 0.6) is 0 Å². The monoisotopic (exact) mass is 218 g/mol. The molecule has 2 rings (SSSR count). The van der Waals surface area contributed by atoms with Gasteiger partial charge in [0.25, 0.3) is 0 Å². The van der Waals surface area contributed by atoms with Crippen molar-refractivity contribution in [3.05, 3.63) is 48.0 Å². The van der Waals surface area contributed by atoms with Gasteiger partial charge in [-0.15, -0.1) is 0 Å². The lowest BCUT2D eigenvalue weighted by Crippen LogP contribution is -2.35. The first kappa shape index (κ1) is 11.4. The molecule has 2 nitrogen and oxygen atoms in total. The predicted molar refractivity (Wildman–Crippen MR) is 64.1 cm³/mol. The van der Waals surface area contributed by atoms with Gasteiger partial charge in [0.15, 0.2) is 0 Å². The van der Waals surface area contributed by atoms with Gasteiger partial charge in [0, 0.05) is 11.8 Å². The van der Waals surface area contributed by atoms with Crippen LogP contribution in [0.15, 0.2) is 42.5 Å². The van der Waals surface area contributed by atoms with E-state index < -0.39 is 6.10 Å². The van der Waals surface area contributed by atoms with E-state index >= 15 is 0 Å². The van der Waals surface area contributed by atoms with Gasteiger partial charge in [-0.2, -0.15) is 0 Å². The van der Waals surface area contributed by atoms with Gasteiger partial charge in [0.2, 0.25) is 0 Å². The van der Waals surface area contributed by atoms with Gasteiger partial charge in [-0.3, -0.25) is 0 Å². The standard InChI is InChI=1S/C14H18O2/c1-10-7-8-12(9-15)14(16)13(10)11-5-3-2-4-6-11/h2-8,10,12-16H,9H2,1H3/t10-,12-,13+,14-/m1/s1. The molecule has 2 N–H and O–H groups in total. The van der Waals surface area contributed by atoms with Crippen LogP contribution in [0.3, 0.4) is 0 Å². The lowest BCUT2D eigenvalue weighted by atomic mass is 9.74. The van der Waals surface area contributed by atoms with E-state index in [9.17, 15) is 10.2 Å². The zero-order valence-electron chi connectivity index (χ0n) is 9.45. The van der Waals surface area contributed by atoms with Gasteiger partial charge in [-0.1, -0.05) is 49.4 Å². The molecule has 4 atom stereocenters. The molecule has 0 heterocycles. The summed E-state index contributed by atoms with van der Waals surface area (Å²) in [7, 11) is 0. The molecule has 0 aliphatic heterocycles. The van der Waals surface area contributed by atoms with Gasteiger partial charge in [0.05, 0.1) is 12.7 Å². The van der Waals surface area contributed by atoms with Crippen molar-refractivity contribution in [3.8, 4) is 0 Å². The van der Waals surface area contributed by atoms with Crippen LogP contribution in [0.2, 0.25) is 0 Å². The van der Waals surface area contributed by atoms with E-state index in [1.165, 1.54) is 0 Å². The third kappa shape index (κ3) is 2.04. The van der Waals surface area contributed by atoms with E-state index in [0.717, 1.165) is 5.56 Å². The maximum Gasteiger partial charge on any atom is 0.0698 e. The average molecular weight is 218 g/mol. The fraction of sp³-hybridized carbons (Fsp3) is 0.429. The van der Waals surface area contributed by atoms with Gasteiger partial charge in [0.1, 0.15) is 0 Å². The van der Waals surface area contributed by atoms with Crippen molar-refractivity contribution >= 4 is 0 Å². The van der Waals surface area contributed by atoms with Crippen LogP contribution < -0.4 is 0 Å². The summed E-state index contributed by atoms with van der Waals surface area (Å²) in [5, 5.41) is 19.4. The first-order chi connectivity index (χ1) is 7.74. The molecule has 0 bridgehead atoms. The second-order valence-corrected chi connectivity index (χ2v) is 4.52. The molecule has 0 amide bonds. The Kier molecular flexibility index (Phi) is 3.42. The lowest BCUT2D eigenvalue weighted by molar-refractivity contribution is 0.0515. The molecular formula is C14H18O2. The Morgan fingerprint density at radius 1 is 1.12 bits per heavy atom. The van der Waals surface area contributed by atoms with Gasteiger partial charge >= 0.3 is 0 Å². The second-order valence-electron chi connectivity index (χ2n) is 4.52. The van der Waals surface area contributed by atoms with Crippen molar-refractivity contribution in [2.24, 2.45) is 11.8 Å². The Morgan fingerprint density at radius 3 is 2.44 bits per heavy atom. The highest BCUT2D eigenvalue weighted by atomic mass is 16.3. The van der Waals surface area contributed by atoms with Crippen LogP contribution in [0.25, 0.3) is 0 Å². The molecule has 0 radical (unpaired) electrons. The fourth-order valence-corrected chi connectivity index (χ4v) is 2.47. The number of aliphatic hydroxyl groups excluding tert-OH is 2. The lowest BCUT2D eigenvalue weighted by Gasteiger charge is -2.34. The van der Waals surface area contributed by atoms with Crippen molar-refractivity contribution in [1.82, 2.24) is 0 Å². The summed E-state index contributed by atoms with van der Waals surface area (Å²) in [6.07, 6.45) is 3.52. The van der Waals surface area contributed by atoms with Gasteiger partial charge in [-0.05, 0) is 11.5 Å². The first-order valence-electron chi connectivity index (χ1n) is 5.76. The Hall–Kier alpha value is -1.12. The van der Waals surface area contributed by atoms with E-state index in [-0.39, 0.29) is 18.4 Å². The van der Waals surface area contributed by atoms with E-state index in [0.29, 0.717) is 5.92 Å². The quantitative estimate of drug-likeness (QED) is 0.745. The molecule has 0 aromatic heterocycles. The maximum atomic E-state index is 10.2. The van der Waals surface area contributed by atoms with E-state index in [1.807, 2.05) is 36.4 Å². The summed E-state index contributed by atoms with van der Waals surface area (Å²) in [6.45, 7) is 2.11. The van der Waals surface area contributed by atoms with Gasteiger partial charge < -0.3 is 10.2 Å². The molecule has 2 heteroatoms. The van der Waals surface area contributed by atoms with Crippen LogP contribution in [0.4, 0.5) is 0 Å². The Bertz CT molecular complexity index is 358. The fourth-order valence-electron chi connectivity index (χ4n) is 2.47. The van der Waals surface area contributed by atoms with Crippen molar-refractivity contribution in [2.45, 2.75) is 18.9 Å². The number of benzene rings is 1. The summed E-state index contributed by atoms with van der Waals surface area (Å²) >= 11 is 0. The van der Waals surface area contributed by atoms with E-state index in [2.05, 4.69) is 13.0 Å². The SMILES string of the molecule is C[C@@H]1C=C[C@H](CO)[C@@H](O)[C@@H]1c1ccccc1. The molecule has 1 aliphatic carbocycles. The number of allylic oxidation sites excluding steroid dienone is 1. The third-order valence-electron chi connectivity index (χ3n) is 3.43. The van der Waals surface area contributed by atoms with Crippen molar-refractivity contribution in [3.63, 3.8) is 0 Å². The minimum atomic E-state index is -0.493. The molecule has 1 aromatic carbocycles. The molecule has 0 saturated carbocycles. The zero-order chi connectivity index (χ0) is 11.5.